The maximum Gasteiger partial charge on any atom is 0.127 e. The quantitative estimate of drug-likeness (QED) is 0.918. The lowest BCUT2D eigenvalue weighted by molar-refractivity contribution is 0.297. The van der Waals surface area contributed by atoms with Crippen molar-refractivity contribution >= 4 is 11.0 Å². The first kappa shape index (κ1) is 13.6. The molecule has 108 valence electrons. The second-order valence-corrected chi connectivity index (χ2v) is 6.13. The fourth-order valence-corrected chi connectivity index (χ4v) is 3.55. The highest BCUT2D eigenvalue weighted by molar-refractivity contribution is 5.77. The second kappa shape index (κ2) is 5.57. The lowest BCUT2D eigenvalue weighted by Crippen LogP contribution is -2.26. The summed E-state index contributed by atoms with van der Waals surface area (Å²) < 4.78 is 2.30. The first-order valence-electron chi connectivity index (χ1n) is 7.93. The molecule has 3 nitrogen and oxygen atoms in total. The van der Waals surface area contributed by atoms with E-state index >= 15 is 0 Å². The maximum absolute atomic E-state index is 6.56. The predicted molar refractivity (Wildman–Crippen MR) is 83.6 cm³/mol. The first-order chi connectivity index (χ1) is 9.70. The van der Waals surface area contributed by atoms with Gasteiger partial charge in [-0.05, 0) is 50.3 Å². The summed E-state index contributed by atoms with van der Waals surface area (Å²) in [5, 5.41) is 0. The van der Waals surface area contributed by atoms with Gasteiger partial charge in [0.1, 0.15) is 5.82 Å². The summed E-state index contributed by atoms with van der Waals surface area (Å²) in [6, 6.07) is 6.59. The smallest absolute Gasteiger partial charge is 0.127 e. The molecule has 0 bridgehead atoms. The molecule has 1 atom stereocenters. The third kappa shape index (κ3) is 2.35. The molecule has 0 aliphatic heterocycles. The number of nitrogens with zero attached hydrogens (tertiary/aromatic N) is 2. The molecule has 0 radical (unpaired) electrons. The van der Waals surface area contributed by atoms with Crippen molar-refractivity contribution < 1.29 is 0 Å². The van der Waals surface area contributed by atoms with Gasteiger partial charge in [0.25, 0.3) is 0 Å². The van der Waals surface area contributed by atoms with Crippen molar-refractivity contribution in [1.82, 2.24) is 9.55 Å². The standard InChI is InChI=1S/C17H25N3/c1-3-20-15-10-9-12(2)11-14(15)19-17(20)16(18)13-7-5-4-6-8-13/h9-11,13,16H,3-8,18H2,1-2H3. The number of benzene rings is 1. The molecule has 20 heavy (non-hydrogen) atoms. The van der Waals surface area contributed by atoms with Gasteiger partial charge in [0.15, 0.2) is 0 Å². The average Bonchev–Trinajstić information content (AvgIpc) is 2.84. The molecule has 3 rings (SSSR count). The Kier molecular flexibility index (Phi) is 3.79. The summed E-state index contributed by atoms with van der Waals surface area (Å²) in [7, 11) is 0. The van der Waals surface area contributed by atoms with Crippen LogP contribution in [0.1, 0.15) is 56.5 Å². The Balaban J connectivity index is 2.01. The lowest BCUT2D eigenvalue weighted by Gasteiger charge is -2.27. The Labute approximate surface area is 121 Å². The molecule has 1 saturated carbocycles. The molecule has 2 aromatic rings. The van der Waals surface area contributed by atoms with Crippen LogP contribution in [0.15, 0.2) is 18.2 Å². The third-order valence-corrected chi connectivity index (χ3v) is 4.71. The Bertz CT molecular complexity index is 594. The van der Waals surface area contributed by atoms with Gasteiger partial charge in [0.05, 0.1) is 17.1 Å². The van der Waals surface area contributed by atoms with Gasteiger partial charge in [0, 0.05) is 6.54 Å². The van der Waals surface area contributed by atoms with E-state index in [-0.39, 0.29) is 6.04 Å². The van der Waals surface area contributed by atoms with Gasteiger partial charge in [-0.15, -0.1) is 0 Å². The van der Waals surface area contributed by atoms with Gasteiger partial charge < -0.3 is 10.3 Å². The zero-order valence-electron chi connectivity index (χ0n) is 12.6. The summed E-state index contributed by atoms with van der Waals surface area (Å²) in [5.41, 5.74) is 10.1. The van der Waals surface area contributed by atoms with Crippen LogP contribution in [0.3, 0.4) is 0 Å². The van der Waals surface area contributed by atoms with Crippen LogP contribution in [0.25, 0.3) is 11.0 Å². The van der Waals surface area contributed by atoms with E-state index in [9.17, 15) is 0 Å². The Morgan fingerprint density at radius 2 is 2.05 bits per heavy atom. The molecule has 1 fully saturated rings. The van der Waals surface area contributed by atoms with Crippen LogP contribution in [0.2, 0.25) is 0 Å². The van der Waals surface area contributed by atoms with Crippen molar-refractivity contribution in [3.63, 3.8) is 0 Å². The molecule has 1 aliphatic rings. The summed E-state index contributed by atoms with van der Waals surface area (Å²) in [5.74, 6) is 1.69. The van der Waals surface area contributed by atoms with Crippen LogP contribution in [-0.2, 0) is 6.54 Å². The van der Waals surface area contributed by atoms with Crippen LogP contribution in [0, 0.1) is 12.8 Å². The fraction of sp³-hybridized carbons (Fsp3) is 0.588. The normalized spacial score (nSPS) is 18.6. The molecule has 0 spiro atoms. The molecule has 1 aromatic heterocycles. The zero-order valence-corrected chi connectivity index (χ0v) is 12.6. The van der Waals surface area contributed by atoms with Crippen LogP contribution in [0.5, 0.6) is 0 Å². The van der Waals surface area contributed by atoms with Crippen molar-refractivity contribution in [2.24, 2.45) is 11.7 Å². The molecule has 1 heterocycles. The molecule has 1 aliphatic carbocycles. The highest BCUT2D eigenvalue weighted by Crippen LogP contribution is 2.33. The highest BCUT2D eigenvalue weighted by atomic mass is 15.1. The maximum atomic E-state index is 6.56. The molecule has 0 amide bonds. The Morgan fingerprint density at radius 3 is 2.75 bits per heavy atom. The summed E-state index contributed by atoms with van der Waals surface area (Å²) in [6.45, 7) is 5.23. The number of nitrogens with two attached hydrogens (primary N) is 1. The summed E-state index contributed by atoms with van der Waals surface area (Å²) in [6.07, 6.45) is 6.53. The van der Waals surface area contributed by atoms with Crippen molar-refractivity contribution in [3.05, 3.63) is 29.6 Å². The number of aromatic nitrogens is 2. The fourth-order valence-electron chi connectivity index (χ4n) is 3.55. The number of fused-ring (bicyclic) bond motifs is 1. The molecule has 0 saturated heterocycles. The van der Waals surface area contributed by atoms with Crippen LogP contribution < -0.4 is 5.73 Å². The minimum Gasteiger partial charge on any atom is -0.327 e. The molecular formula is C17H25N3. The lowest BCUT2D eigenvalue weighted by atomic mass is 9.84. The van der Waals surface area contributed by atoms with Gasteiger partial charge in [-0.25, -0.2) is 4.98 Å². The second-order valence-electron chi connectivity index (χ2n) is 6.13. The number of aryl methyl sites for hydroxylation is 2. The van der Waals surface area contributed by atoms with Crippen LogP contribution in [0.4, 0.5) is 0 Å². The van der Waals surface area contributed by atoms with Gasteiger partial charge in [-0.3, -0.25) is 0 Å². The van der Waals surface area contributed by atoms with E-state index in [2.05, 4.69) is 36.6 Å². The predicted octanol–water partition coefficient (Wildman–Crippen LogP) is 3.94. The first-order valence-corrected chi connectivity index (χ1v) is 7.93. The molecular weight excluding hydrogens is 246 g/mol. The van der Waals surface area contributed by atoms with E-state index < -0.39 is 0 Å². The summed E-state index contributed by atoms with van der Waals surface area (Å²) in [4.78, 5) is 4.86. The van der Waals surface area contributed by atoms with E-state index in [0.717, 1.165) is 17.9 Å². The van der Waals surface area contributed by atoms with E-state index in [1.807, 2.05) is 0 Å². The van der Waals surface area contributed by atoms with Crippen molar-refractivity contribution in [2.75, 3.05) is 0 Å². The van der Waals surface area contributed by atoms with Crippen molar-refractivity contribution in [3.8, 4) is 0 Å². The van der Waals surface area contributed by atoms with E-state index in [1.165, 1.54) is 43.2 Å². The van der Waals surface area contributed by atoms with Crippen LogP contribution >= 0.6 is 0 Å². The van der Waals surface area contributed by atoms with E-state index in [1.54, 1.807) is 0 Å². The molecule has 1 unspecified atom stereocenters. The van der Waals surface area contributed by atoms with Gasteiger partial charge in [0.2, 0.25) is 0 Å². The van der Waals surface area contributed by atoms with E-state index in [4.69, 9.17) is 10.7 Å². The average molecular weight is 271 g/mol. The number of hydrogen-bond acceptors (Lipinski definition) is 2. The molecule has 3 heteroatoms. The largest absolute Gasteiger partial charge is 0.327 e. The number of rotatable bonds is 3. The number of imidazole rings is 1. The minimum absolute atomic E-state index is 0.0861. The van der Waals surface area contributed by atoms with E-state index in [0.29, 0.717) is 5.92 Å². The molecule has 2 N–H and O–H groups in total. The topological polar surface area (TPSA) is 43.8 Å². The van der Waals surface area contributed by atoms with Crippen LogP contribution in [-0.4, -0.2) is 9.55 Å². The monoisotopic (exact) mass is 271 g/mol. The third-order valence-electron chi connectivity index (χ3n) is 4.71. The Hall–Kier alpha value is -1.35. The summed E-state index contributed by atoms with van der Waals surface area (Å²) >= 11 is 0. The SMILES string of the molecule is CCn1c(C(N)C2CCCCC2)nc2cc(C)ccc21. The number of hydrogen-bond donors (Lipinski definition) is 1. The zero-order chi connectivity index (χ0) is 14.1. The van der Waals surface area contributed by atoms with Gasteiger partial charge in [-0.1, -0.05) is 25.3 Å². The van der Waals surface area contributed by atoms with Crippen molar-refractivity contribution in [1.29, 1.82) is 0 Å². The minimum atomic E-state index is 0.0861. The molecule has 1 aromatic carbocycles. The van der Waals surface area contributed by atoms with Gasteiger partial charge >= 0.3 is 0 Å². The highest BCUT2D eigenvalue weighted by Gasteiger charge is 2.26. The Morgan fingerprint density at radius 1 is 1.30 bits per heavy atom. The van der Waals surface area contributed by atoms with Gasteiger partial charge in [-0.2, -0.15) is 0 Å². The van der Waals surface area contributed by atoms with Crippen molar-refractivity contribution in [2.45, 2.75) is 58.5 Å².